The van der Waals surface area contributed by atoms with E-state index >= 15 is 0 Å². The van der Waals surface area contributed by atoms with Gasteiger partial charge in [-0.2, -0.15) is 5.10 Å². The summed E-state index contributed by atoms with van der Waals surface area (Å²) in [5.41, 5.74) is 3.57. The first kappa shape index (κ1) is 14.9. The molecule has 0 aliphatic carbocycles. The molecule has 2 aromatic carbocycles. The predicted octanol–water partition coefficient (Wildman–Crippen LogP) is 3.60. The minimum Gasteiger partial charge on any atom is -0.454 e. The topological polar surface area (TPSA) is 59.9 Å². The molecule has 7 heteroatoms. The molecule has 0 spiro atoms. The molecule has 0 atom stereocenters. The lowest BCUT2D eigenvalue weighted by Gasteiger charge is -2.03. The van der Waals surface area contributed by atoms with Crippen LogP contribution in [0.15, 0.2) is 46.0 Å². The van der Waals surface area contributed by atoms with Crippen LogP contribution in [-0.4, -0.2) is 18.9 Å². The van der Waals surface area contributed by atoms with Crippen molar-refractivity contribution in [1.82, 2.24) is 5.43 Å². The molecule has 1 aliphatic rings. The van der Waals surface area contributed by atoms with Crippen LogP contribution in [0.3, 0.4) is 0 Å². The summed E-state index contributed by atoms with van der Waals surface area (Å²) in [5.74, 6) is 0.878. The third-order valence-corrected chi connectivity index (χ3v) is 4.00. The van der Waals surface area contributed by atoms with Crippen LogP contribution in [0.25, 0.3) is 0 Å². The second-order valence-electron chi connectivity index (χ2n) is 4.41. The molecule has 1 heterocycles. The Morgan fingerprint density at radius 1 is 1.27 bits per heavy atom. The van der Waals surface area contributed by atoms with E-state index in [1.807, 2.05) is 6.07 Å². The van der Waals surface area contributed by atoms with Crippen molar-refractivity contribution in [3.63, 3.8) is 0 Å². The van der Waals surface area contributed by atoms with Crippen molar-refractivity contribution in [1.29, 1.82) is 0 Å². The number of benzene rings is 2. The summed E-state index contributed by atoms with van der Waals surface area (Å²) < 4.78 is 11.2. The van der Waals surface area contributed by atoms with Crippen LogP contribution < -0.4 is 14.9 Å². The first-order valence-electron chi connectivity index (χ1n) is 6.32. The van der Waals surface area contributed by atoms with E-state index in [0.717, 1.165) is 0 Å². The minimum atomic E-state index is -0.319. The van der Waals surface area contributed by atoms with E-state index < -0.39 is 0 Å². The third kappa shape index (κ3) is 3.08. The van der Waals surface area contributed by atoms with Crippen molar-refractivity contribution in [2.45, 2.75) is 0 Å². The molecule has 0 unspecified atom stereocenters. The van der Waals surface area contributed by atoms with Gasteiger partial charge in [0.05, 0.1) is 16.8 Å². The fraction of sp³-hybridized carbons (Fsp3) is 0.0667. The maximum atomic E-state index is 12.0. The van der Waals surface area contributed by atoms with Crippen LogP contribution in [-0.2, 0) is 0 Å². The zero-order valence-corrected chi connectivity index (χ0v) is 13.5. The average molecular weight is 382 g/mol. The van der Waals surface area contributed by atoms with Gasteiger partial charge in [0.25, 0.3) is 5.91 Å². The molecule has 112 valence electrons. The van der Waals surface area contributed by atoms with Gasteiger partial charge in [-0.25, -0.2) is 5.43 Å². The zero-order valence-electron chi connectivity index (χ0n) is 11.2. The van der Waals surface area contributed by atoms with Crippen molar-refractivity contribution >= 4 is 39.7 Å². The fourth-order valence-electron chi connectivity index (χ4n) is 1.90. The van der Waals surface area contributed by atoms with Crippen LogP contribution in [0.5, 0.6) is 11.5 Å². The number of rotatable bonds is 3. The highest BCUT2D eigenvalue weighted by Gasteiger charge is 2.15. The summed E-state index contributed by atoms with van der Waals surface area (Å²) in [6, 6.07) is 10.4. The Morgan fingerprint density at radius 3 is 2.77 bits per heavy atom. The molecule has 1 N–H and O–H groups in total. The Balaban J connectivity index is 1.73. The molecule has 22 heavy (non-hydrogen) atoms. The van der Waals surface area contributed by atoms with E-state index in [1.54, 1.807) is 30.3 Å². The largest absolute Gasteiger partial charge is 0.454 e. The quantitative estimate of drug-likeness (QED) is 0.653. The Hall–Kier alpha value is -2.05. The zero-order chi connectivity index (χ0) is 15.5. The van der Waals surface area contributed by atoms with Crippen LogP contribution in [0, 0.1) is 0 Å². The number of ether oxygens (including phenoxy) is 2. The summed E-state index contributed by atoms with van der Waals surface area (Å²) >= 11 is 9.43. The number of hydrogen-bond acceptors (Lipinski definition) is 4. The van der Waals surface area contributed by atoms with Gasteiger partial charge in [0.1, 0.15) is 0 Å². The maximum absolute atomic E-state index is 12.0. The number of nitrogens with zero attached hydrogens (tertiary/aromatic N) is 1. The second kappa shape index (κ2) is 6.37. The normalized spacial score (nSPS) is 12.6. The molecule has 1 amide bonds. The number of fused-ring (bicyclic) bond motifs is 1. The van der Waals surface area contributed by atoms with Gasteiger partial charge in [-0.1, -0.05) is 23.7 Å². The van der Waals surface area contributed by atoms with E-state index in [2.05, 4.69) is 26.5 Å². The first-order valence-corrected chi connectivity index (χ1v) is 7.49. The molecule has 0 saturated carbocycles. The summed E-state index contributed by atoms with van der Waals surface area (Å²) in [7, 11) is 0. The third-order valence-electron chi connectivity index (χ3n) is 2.98. The standard InChI is InChI=1S/C15H10BrClN2O3/c16-11-4-2-1-3-10(11)15(20)19-18-7-9-5-13-14(6-12(9)17)22-8-21-13/h1-7H,8H2,(H,19,20). The van der Waals surface area contributed by atoms with E-state index in [0.29, 0.717) is 32.1 Å². The van der Waals surface area contributed by atoms with Gasteiger partial charge in [0.15, 0.2) is 11.5 Å². The maximum Gasteiger partial charge on any atom is 0.272 e. The van der Waals surface area contributed by atoms with Gasteiger partial charge in [-0.15, -0.1) is 0 Å². The van der Waals surface area contributed by atoms with Crippen molar-refractivity contribution in [2.75, 3.05) is 6.79 Å². The highest BCUT2D eigenvalue weighted by atomic mass is 79.9. The number of halogens is 2. The molecular formula is C15H10BrClN2O3. The summed E-state index contributed by atoms with van der Waals surface area (Å²) in [4.78, 5) is 12.0. The van der Waals surface area contributed by atoms with Gasteiger partial charge in [-0.05, 0) is 34.1 Å². The van der Waals surface area contributed by atoms with Gasteiger partial charge >= 0.3 is 0 Å². The number of hydrogen-bond donors (Lipinski definition) is 1. The Morgan fingerprint density at radius 2 is 2.00 bits per heavy atom. The van der Waals surface area contributed by atoms with E-state index in [1.165, 1.54) is 6.21 Å². The second-order valence-corrected chi connectivity index (χ2v) is 5.67. The van der Waals surface area contributed by atoms with Gasteiger partial charge < -0.3 is 9.47 Å². The molecule has 2 aromatic rings. The lowest BCUT2D eigenvalue weighted by atomic mass is 10.2. The number of carbonyl (C=O) groups excluding carboxylic acids is 1. The number of amides is 1. The van der Waals surface area contributed by atoms with Gasteiger partial charge in [0, 0.05) is 16.1 Å². The number of hydrazone groups is 1. The van der Waals surface area contributed by atoms with Crippen molar-refractivity contribution in [3.05, 3.63) is 57.0 Å². The van der Waals surface area contributed by atoms with Crippen LogP contribution in [0.1, 0.15) is 15.9 Å². The minimum absolute atomic E-state index is 0.172. The lowest BCUT2D eigenvalue weighted by Crippen LogP contribution is -2.18. The Kier molecular flexibility index (Phi) is 4.31. The lowest BCUT2D eigenvalue weighted by molar-refractivity contribution is 0.0954. The van der Waals surface area contributed by atoms with Crippen LogP contribution >= 0.6 is 27.5 Å². The van der Waals surface area contributed by atoms with Crippen molar-refractivity contribution in [2.24, 2.45) is 5.10 Å². The fourth-order valence-corrected chi connectivity index (χ4v) is 2.57. The number of carbonyl (C=O) groups is 1. The highest BCUT2D eigenvalue weighted by molar-refractivity contribution is 9.10. The highest BCUT2D eigenvalue weighted by Crippen LogP contribution is 2.36. The van der Waals surface area contributed by atoms with E-state index in [4.69, 9.17) is 21.1 Å². The average Bonchev–Trinajstić information content (AvgIpc) is 2.94. The Bertz CT molecular complexity index is 764. The van der Waals surface area contributed by atoms with Gasteiger partial charge in [-0.3, -0.25) is 4.79 Å². The van der Waals surface area contributed by atoms with Crippen molar-refractivity contribution in [3.8, 4) is 11.5 Å². The molecule has 0 aromatic heterocycles. The molecule has 1 aliphatic heterocycles. The van der Waals surface area contributed by atoms with Crippen LogP contribution in [0.2, 0.25) is 5.02 Å². The molecule has 3 rings (SSSR count). The molecule has 0 saturated heterocycles. The number of nitrogens with one attached hydrogen (secondary N) is 1. The van der Waals surface area contributed by atoms with E-state index in [-0.39, 0.29) is 12.7 Å². The predicted molar refractivity (Wildman–Crippen MR) is 86.8 cm³/mol. The molecule has 0 fully saturated rings. The van der Waals surface area contributed by atoms with Crippen molar-refractivity contribution < 1.29 is 14.3 Å². The van der Waals surface area contributed by atoms with E-state index in [9.17, 15) is 4.79 Å². The van der Waals surface area contributed by atoms with Gasteiger partial charge in [0.2, 0.25) is 6.79 Å². The summed E-state index contributed by atoms with van der Waals surface area (Å²) in [6.07, 6.45) is 1.46. The first-order chi connectivity index (χ1) is 10.6. The Labute approximate surface area is 140 Å². The summed E-state index contributed by atoms with van der Waals surface area (Å²) in [6.45, 7) is 0.172. The molecule has 0 radical (unpaired) electrons. The molecule has 0 bridgehead atoms. The van der Waals surface area contributed by atoms with Crippen LogP contribution in [0.4, 0.5) is 0 Å². The molecular weight excluding hydrogens is 372 g/mol. The smallest absolute Gasteiger partial charge is 0.272 e. The SMILES string of the molecule is O=C(NN=Cc1cc2c(cc1Cl)OCO2)c1ccccc1Br. The summed E-state index contributed by atoms with van der Waals surface area (Å²) in [5, 5.41) is 4.38. The molecule has 5 nitrogen and oxygen atoms in total. The monoisotopic (exact) mass is 380 g/mol.